The van der Waals surface area contributed by atoms with Crippen LogP contribution in [-0.2, 0) is 17.8 Å². The largest absolute Gasteiger partial charge is 0.374 e. The molecular weight excluding hydrogens is 258 g/mol. The second-order valence-corrected chi connectivity index (χ2v) is 5.90. The van der Waals surface area contributed by atoms with Crippen LogP contribution < -0.4 is 0 Å². The standard InChI is InChI=1S/C19H25NO/c1-2-4-16-6-8-18(9-7-16)15-21-19-12-10-17(11-13-19)5-3-14-20/h3,5-9,17,19H,2,4,10-13,15H2,1H3/b5-3+. The van der Waals surface area contributed by atoms with Crippen LogP contribution in [0.2, 0.25) is 0 Å². The molecule has 0 radical (unpaired) electrons. The van der Waals surface area contributed by atoms with E-state index < -0.39 is 0 Å². The van der Waals surface area contributed by atoms with Gasteiger partial charge in [-0.3, -0.25) is 0 Å². The van der Waals surface area contributed by atoms with E-state index >= 15 is 0 Å². The summed E-state index contributed by atoms with van der Waals surface area (Å²) in [4.78, 5) is 0. The summed E-state index contributed by atoms with van der Waals surface area (Å²) in [6.45, 7) is 2.93. The Kier molecular flexibility index (Phi) is 6.50. The van der Waals surface area contributed by atoms with Crippen molar-refractivity contribution in [2.75, 3.05) is 0 Å². The highest BCUT2D eigenvalue weighted by atomic mass is 16.5. The van der Waals surface area contributed by atoms with Crippen LogP contribution in [0.25, 0.3) is 0 Å². The van der Waals surface area contributed by atoms with Gasteiger partial charge in [0.05, 0.1) is 18.8 Å². The molecule has 1 aromatic rings. The number of benzene rings is 1. The van der Waals surface area contributed by atoms with E-state index in [1.165, 1.54) is 17.5 Å². The molecule has 0 aliphatic heterocycles. The van der Waals surface area contributed by atoms with E-state index in [1.54, 1.807) is 6.08 Å². The van der Waals surface area contributed by atoms with Gasteiger partial charge in [0.1, 0.15) is 0 Å². The average molecular weight is 283 g/mol. The molecule has 0 heterocycles. The Balaban J connectivity index is 1.72. The summed E-state index contributed by atoms with van der Waals surface area (Å²) in [5.74, 6) is 0.567. The molecule has 21 heavy (non-hydrogen) atoms. The molecule has 2 nitrogen and oxygen atoms in total. The van der Waals surface area contributed by atoms with Crippen LogP contribution in [0.15, 0.2) is 36.4 Å². The van der Waals surface area contributed by atoms with Crippen LogP contribution in [0, 0.1) is 17.2 Å². The maximum absolute atomic E-state index is 8.55. The quantitative estimate of drug-likeness (QED) is 0.703. The number of ether oxygens (including phenoxy) is 1. The van der Waals surface area contributed by atoms with Gasteiger partial charge in [0, 0.05) is 6.08 Å². The smallest absolute Gasteiger partial charge is 0.0908 e. The first-order chi connectivity index (χ1) is 10.3. The predicted molar refractivity (Wildman–Crippen MR) is 85.7 cm³/mol. The van der Waals surface area contributed by atoms with Gasteiger partial charge in [0.15, 0.2) is 0 Å². The fourth-order valence-electron chi connectivity index (χ4n) is 2.93. The second kappa shape index (κ2) is 8.64. The number of allylic oxidation sites excluding steroid dienone is 2. The van der Waals surface area contributed by atoms with Crippen LogP contribution in [0.3, 0.4) is 0 Å². The van der Waals surface area contributed by atoms with Gasteiger partial charge < -0.3 is 4.74 Å². The topological polar surface area (TPSA) is 33.0 Å². The fourth-order valence-corrected chi connectivity index (χ4v) is 2.93. The predicted octanol–water partition coefficient (Wildman–Crippen LogP) is 4.79. The Morgan fingerprint density at radius 3 is 2.43 bits per heavy atom. The summed E-state index contributed by atoms with van der Waals surface area (Å²) in [5, 5.41) is 8.55. The Bertz CT molecular complexity index is 475. The number of nitriles is 1. The Morgan fingerprint density at radius 1 is 1.14 bits per heavy atom. The third-order valence-electron chi connectivity index (χ3n) is 4.21. The van der Waals surface area contributed by atoms with Gasteiger partial charge in [-0.15, -0.1) is 0 Å². The third kappa shape index (κ3) is 5.36. The first-order valence-corrected chi connectivity index (χ1v) is 8.07. The summed E-state index contributed by atoms with van der Waals surface area (Å²) >= 11 is 0. The van der Waals surface area contributed by atoms with Crippen LogP contribution in [0.4, 0.5) is 0 Å². The molecular formula is C19H25NO. The van der Waals surface area contributed by atoms with Crippen molar-refractivity contribution in [2.24, 2.45) is 5.92 Å². The number of aryl methyl sites for hydroxylation is 1. The van der Waals surface area contributed by atoms with E-state index in [0.717, 1.165) is 38.7 Å². The molecule has 1 aliphatic carbocycles. The van der Waals surface area contributed by atoms with Crippen molar-refractivity contribution < 1.29 is 4.74 Å². The molecule has 0 atom stereocenters. The molecule has 2 heteroatoms. The van der Waals surface area contributed by atoms with E-state index in [9.17, 15) is 0 Å². The average Bonchev–Trinajstić information content (AvgIpc) is 2.53. The van der Waals surface area contributed by atoms with Gasteiger partial charge in [0.2, 0.25) is 0 Å². The van der Waals surface area contributed by atoms with Gasteiger partial charge in [-0.1, -0.05) is 43.7 Å². The van der Waals surface area contributed by atoms with Crippen LogP contribution in [-0.4, -0.2) is 6.10 Å². The zero-order valence-electron chi connectivity index (χ0n) is 12.9. The highest BCUT2D eigenvalue weighted by molar-refractivity contribution is 5.22. The molecule has 0 spiro atoms. The number of nitrogens with zero attached hydrogens (tertiary/aromatic N) is 1. The molecule has 1 fully saturated rings. The van der Waals surface area contributed by atoms with E-state index in [4.69, 9.17) is 10.00 Å². The molecule has 0 N–H and O–H groups in total. The molecule has 1 saturated carbocycles. The summed E-state index contributed by atoms with van der Waals surface area (Å²) in [7, 11) is 0. The Labute approximate surface area is 128 Å². The van der Waals surface area contributed by atoms with E-state index in [1.807, 2.05) is 6.08 Å². The van der Waals surface area contributed by atoms with E-state index in [0.29, 0.717) is 12.0 Å². The lowest BCUT2D eigenvalue weighted by atomic mass is 9.87. The monoisotopic (exact) mass is 283 g/mol. The van der Waals surface area contributed by atoms with Gasteiger partial charge in [-0.2, -0.15) is 5.26 Å². The molecule has 1 aromatic carbocycles. The SMILES string of the molecule is CCCc1ccc(COC2CCC(/C=C/C#N)CC2)cc1. The lowest BCUT2D eigenvalue weighted by molar-refractivity contribution is 0.0110. The number of hydrogen-bond donors (Lipinski definition) is 0. The molecule has 0 unspecified atom stereocenters. The fraction of sp³-hybridized carbons (Fsp3) is 0.526. The van der Waals surface area contributed by atoms with Crippen molar-refractivity contribution in [1.82, 2.24) is 0 Å². The minimum Gasteiger partial charge on any atom is -0.374 e. The molecule has 0 aromatic heterocycles. The zero-order chi connectivity index (χ0) is 14.9. The Morgan fingerprint density at radius 2 is 1.81 bits per heavy atom. The highest BCUT2D eigenvalue weighted by Gasteiger charge is 2.19. The van der Waals surface area contributed by atoms with Crippen molar-refractivity contribution in [2.45, 2.75) is 58.2 Å². The van der Waals surface area contributed by atoms with Crippen LogP contribution in [0.5, 0.6) is 0 Å². The first kappa shape index (κ1) is 15.8. The maximum Gasteiger partial charge on any atom is 0.0908 e. The second-order valence-electron chi connectivity index (χ2n) is 5.90. The third-order valence-corrected chi connectivity index (χ3v) is 4.21. The molecule has 0 bridgehead atoms. The summed E-state index contributed by atoms with van der Waals surface area (Å²) in [6.07, 6.45) is 10.9. The summed E-state index contributed by atoms with van der Waals surface area (Å²) in [6, 6.07) is 10.9. The van der Waals surface area contributed by atoms with Gasteiger partial charge in [-0.25, -0.2) is 0 Å². The van der Waals surface area contributed by atoms with Crippen molar-refractivity contribution in [1.29, 1.82) is 5.26 Å². The van der Waals surface area contributed by atoms with Crippen molar-refractivity contribution in [3.05, 3.63) is 47.5 Å². The van der Waals surface area contributed by atoms with Gasteiger partial charge >= 0.3 is 0 Å². The molecule has 2 rings (SSSR count). The zero-order valence-corrected chi connectivity index (χ0v) is 12.9. The number of hydrogen-bond acceptors (Lipinski definition) is 2. The van der Waals surface area contributed by atoms with Crippen molar-refractivity contribution >= 4 is 0 Å². The van der Waals surface area contributed by atoms with E-state index in [-0.39, 0.29) is 0 Å². The summed E-state index contributed by atoms with van der Waals surface area (Å²) < 4.78 is 6.03. The van der Waals surface area contributed by atoms with Gasteiger partial charge in [-0.05, 0) is 49.1 Å². The molecule has 1 aliphatic rings. The van der Waals surface area contributed by atoms with E-state index in [2.05, 4.69) is 37.3 Å². The first-order valence-electron chi connectivity index (χ1n) is 8.07. The minimum atomic E-state index is 0.382. The lowest BCUT2D eigenvalue weighted by Gasteiger charge is -2.26. The summed E-state index contributed by atoms with van der Waals surface area (Å²) in [5.41, 5.74) is 2.67. The van der Waals surface area contributed by atoms with Crippen molar-refractivity contribution in [3.8, 4) is 6.07 Å². The highest BCUT2D eigenvalue weighted by Crippen LogP contribution is 2.27. The minimum absolute atomic E-state index is 0.382. The van der Waals surface area contributed by atoms with Gasteiger partial charge in [0.25, 0.3) is 0 Å². The van der Waals surface area contributed by atoms with Crippen LogP contribution >= 0.6 is 0 Å². The lowest BCUT2D eigenvalue weighted by Crippen LogP contribution is -2.20. The maximum atomic E-state index is 8.55. The molecule has 112 valence electrons. The number of rotatable bonds is 6. The Hall–Kier alpha value is -1.59. The molecule has 0 saturated heterocycles. The van der Waals surface area contributed by atoms with Crippen LogP contribution in [0.1, 0.15) is 50.2 Å². The normalized spacial score (nSPS) is 22.3. The molecule has 0 amide bonds. The van der Waals surface area contributed by atoms with Crippen molar-refractivity contribution in [3.63, 3.8) is 0 Å².